The molecular weight excluding hydrogens is 272 g/mol. The fourth-order valence-electron chi connectivity index (χ4n) is 2.83. The normalized spacial score (nSPS) is 11.1. The predicted molar refractivity (Wildman–Crippen MR) is 90.2 cm³/mol. The molecule has 2 heteroatoms. The minimum Gasteiger partial charge on any atom is -0.463 e. The molecule has 0 fully saturated rings. The molecule has 106 valence electrons. The quantitative estimate of drug-likeness (QED) is 0.465. The van der Waals surface area contributed by atoms with E-state index in [0.717, 1.165) is 16.3 Å². The van der Waals surface area contributed by atoms with E-state index >= 15 is 0 Å². The smallest absolute Gasteiger partial charge is 0.201 e. The Morgan fingerprint density at radius 1 is 0.864 bits per heavy atom. The first-order valence-electron chi connectivity index (χ1n) is 7.24. The average Bonchev–Trinajstić information content (AvgIpc) is 2.56. The number of rotatable bonds is 1. The predicted octanol–water partition coefficient (Wildman–Crippen LogP) is 4.92. The van der Waals surface area contributed by atoms with Crippen LogP contribution < -0.4 is 5.43 Å². The summed E-state index contributed by atoms with van der Waals surface area (Å²) in [5.74, 6) is 0. The maximum absolute atomic E-state index is 13.0. The van der Waals surface area contributed by atoms with E-state index in [1.165, 1.54) is 5.56 Å². The van der Waals surface area contributed by atoms with Crippen molar-refractivity contribution < 1.29 is 4.42 Å². The molecule has 3 aromatic carbocycles. The first kappa shape index (κ1) is 12.8. The highest BCUT2D eigenvalue weighted by Gasteiger charge is 2.11. The number of fused-ring (bicyclic) bond motifs is 3. The summed E-state index contributed by atoms with van der Waals surface area (Å²) in [6.45, 7) is 2.03. The third-order valence-corrected chi connectivity index (χ3v) is 4.03. The molecule has 0 aliphatic rings. The van der Waals surface area contributed by atoms with Gasteiger partial charge in [0.15, 0.2) is 0 Å². The van der Waals surface area contributed by atoms with Gasteiger partial charge in [0.1, 0.15) is 11.8 Å². The monoisotopic (exact) mass is 286 g/mol. The lowest BCUT2D eigenvalue weighted by atomic mass is 10.0. The van der Waals surface area contributed by atoms with Gasteiger partial charge >= 0.3 is 0 Å². The summed E-state index contributed by atoms with van der Waals surface area (Å²) in [7, 11) is 0. The van der Waals surface area contributed by atoms with E-state index in [1.807, 2.05) is 67.6 Å². The summed E-state index contributed by atoms with van der Waals surface area (Å²) < 4.78 is 5.72. The van der Waals surface area contributed by atoms with Gasteiger partial charge in [0.05, 0.1) is 10.9 Å². The molecule has 0 aliphatic heterocycles. The molecule has 0 spiro atoms. The molecule has 0 radical (unpaired) electrons. The number of hydrogen-bond acceptors (Lipinski definition) is 2. The van der Waals surface area contributed by atoms with Crippen LogP contribution in [0.3, 0.4) is 0 Å². The molecule has 1 heterocycles. The van der Waals surface area contributed by atoms with Gasteiger partial charge in [0, 0.05) is 0 Å². The lowest BCUT2D eigenvalue weighted by Gasteiger charge is -2.06. The second-order valence-electron chi connectivity index (χ2n) is 5.50. The van der Waals surface area contributed by atoms with Crippen LogP contribution >= 0.6 is 0 Å². The van der Waals surface area contributed by atoms with Gasteiger partial charge in [-0.1, -0.05) is 60.2 Å². The third kappa shape index (κ3) is 1.92. The van der Waals surface area contributed by atoms with Crippen molar-refractivity contribution in [3.05, 3.63) is 82.7 Å². The van der Waals surface area contributed by atoms with Crippen molar-refractivity contribution in [3.63, 3.8) is 0 Å². The van der Waals surface area contributed by atoms with Crippen LogP contribution in [0.4, 0.5) is 0 Å². The second-order valence-corrected chi connectivity index (χ2v) is 5.50. The lowest BCUT2D eigenvalue weighted by Crippen LogP contribution is -2.05. The first-order valence-corrected chi connectivity index (χ1v) is 7.24. The van der Waals surface area contributed by atoms with Crippen molar-refractivity contribution in [2.75, 3.05) is 0 Å². The average molecular weight is 286 g/mol. The maximum atomic E-state index is 13.0. The maximum Gasteiger partial charge on any atom is 0.201 e. The summed E-state index contributed by atoms with van der Waals surface area (Å²) >= 11 is 0. The van der Waals surface area contributed by atoms with Gasteiger partial charge in [0.2, 0.25) is 5.43 Å². The largest absolute Gasteiger partial charge is 0.463 e. The summed E-state index contributed by atoms with van der Waals surface area (Å²) in [5.41, 5.74) is 3.29. The van der Waals surface area contributed by atoms with Gasteiger partial charge in [-0.15, -0.1) is 0 Å². The SMILES string of the molecule is Cc1ccc(-c2coc3ccc4ccccc4c3c2=O)cc1. The second kappa shape index (κ2) is 4.85. The van der Waals surface area contributed by atoms with E-state index in [-0.39, 0.29) is 5.43 Å². The Bertz CT molecular complexity index is 1040. The van der Waals surface area contributed by atoms with E-state index in [2.05, 4.69) is 0 Å². The molecule has 1 aromatic heterocycles. The molecule has 2 nitrogen and oxygen atoms in total. The zero-order chi connectivity index (χ0) is 15.1. The van der Waals surface area contributed by atoms with Crippen molar-refractivity contribution in [3.8, 4) is 11.1 Å². The Morgan fingerprint density at radius 3 is 2.45 bits per heavy atom. The van der Waals surface area contributed by atoms with Crippen molar-refractivity contribution in [2.45, 2.75) is 6.92 Å². The van der Waals surface area contributed by atoms with Gasteiger partial charge < -0.3 is 4.42 Å². The van der Waals surface area contributed by atoms with Crippen LogP contribution in [-0.4, -0.2) is 0 Å². The van der Waals surface area contributed by atoms with E-state index in [1.54, 1.807) is 6.26 Å². The highest BCUT2D eigenvalue weighted by molar-refractivity contribution is 6.06. The summed E-state index contributed by atoms with van der Waals surface area (Å²) in [6, 6.07) is 19.6. The molecule has 0 bridgehead atoms. The molecule has 0 saturated heterocycles. The van der Waals surface area contributed by atoms with Crippen LogP contribution in [-0.2, 0) is 0 Å². The molecular formula is C20H14O2. The number of aryl methyl sites for hydroxylation is 1. The minimum absolute atomic E-state index is 0.0157. The standard InChI is InChI=1S/C20H14O2/c1-13-6-8-15(9-7-13)17-12-22-18-11-10-14-4-2-3-5-16(14)19(18)20(17)21/h2-12H,1H3. The Hall–Kier alpha value is -2.87. The van der Waals surface area contributed by atoms with E-state index in [0.29, 0.717) is 16.5 Å². The number of hydrogen-bond donors (Lipinski definition) is 0. The molecule has 4 aromatic rings. The fraction of sp³-hybridized carbons (Fsp3) is 0.0500. The Labute approximate surface area is 127 Å². The number of benzene rings is 3. The van der Waals surface area contributed by atoms with Gasteiger partial charge in [-0.25, -0.2) is 0 Å². The van der Waals surface area contributed by atoms with Crippen molar-refractivity contribution in [2.24, 2.45) is 0 Å². The van der Waals surface area contributed by atoms with E-state index < -0.39 is 0 Å². The minimum atomic E-state index is 0.0157. The zero-order valence-electron chi connectivity index (χ0n) is 12.2. The van der Waals surface area contributed by atoms with Crippen molar-refractivity contribution in [1.82, 2.24) is 0 Å². The Morgan fingerprint density at radius 2 is 1.64 bits per heavy atom. The Kier molecular flexibility index (Phi) is 2.83. The van der Waals surface area contributed by atoms with Gasteiger partial charge in [-0.3, -0.25) is 4.79 Å². The van der Waals surface area contributed by atoms with E-state index in [9.17, 15) is 4.79 Å². The van der Waals surface area contributed by atoms with Gasteiger partial charge in [-0.05, 0) is 29.3 Å². The molecule has 22 heavy (non-hydrogen) atoms. The summed E-state index contributed by atoms with van der Waals surface area (Å²) in [6.07, 6.45) is 1.56. The van der Waals surface area contributed by atoms with Crippen molar-refractivity contribution in [1.29, 1.82) is 0 Å². The lowest BCUT2D eigenvalue weighted by molar-refractivity contribution is 0.605. The molecule has 0 N–H and O–H groups in total. The van der Waals surface area contributed by atoms with Crippen LogP contribution in [0, 0.1) is 6.92 Å². The van der Waals surface area contributed by atoms with Crippen LogP contribution in [0.25, 0.3) is 32.9 Å². The highest BCUT2D eigenvalue weighted by Crippen LogP contribution is 2.26. The third-order valence-electron chi connectivity index (χ3n) is 4.03. The van der Waals surface area contributed by atoms with Crippen LogP contribution in [0.1, 0.15) is 5.56 Å². The molecule has 0 amide bonds. The topological polar surface area (TPSA) is 30.2 Å². The fourth-order valence-corrected chi connectivity index (χ4v) is 2.83. The molecule has 0 atom stereocenters. The Balaban J connectivity index is 2.10. The van der Waals surface area contributed by atoms with Crippen LogP contribution in [0.2, 0.25) is 0 Å². The van der Waals surface area contributed by atoms with Crippen LogP contribution in [0.15, 0.2) is 76.1 Å². The molecule has 0 aliphatic carbocycles. The summed E-state index contributed by atoms with van der Waals surface area (Å²) in [5, 5.41) is 2.63. The highest BCUT2D eigenvalue weighted by atomic mass is 16.3. The van der Waals surface area contributed by atoms with Crippen molar-refractivity contribution >= 4 is 21.7 Å². The first-order chi connectivity index (χ1) is 10.7. The van der Waals surface area contributed by atoms with Gasteiger partial charge in [-0.2, -0.15) is 0 Å². The molecule has 4 rings (SSSR count). The summed E-state index contributed by atoms with van der Waals surface area (Å²) in [4.78, 5) is 13.0. The molecule has 0 unspecified atom stereocenters. The van der Waals surface area contributed by atoms with Gasteiger partial charge in [0.25, 0.3) is 0 Å². The molecule has 0 saturated carbocycles. The van der Waals surface area contributed by atoms with E-state index in [4.69, 9.17) is 4.42 Å². The van der Waals surface area contributed by atoms with Crippen LogP contribution in [0.5, 0.6) is 0 Å². The zero-order valence-corrected chi connectivity index (χ0v) is 12.2.